The quantitative estimate of drug-likeness (QED) is 0.768. The van der Waals surface area contributed by atoms with Crippen molar-refractivity contribution in [1.82, 2.24) is 14.7 Å². The van der Waals surface area contributed by atoms with Gasteiger partial charge in [-0.05, 0) is 49.2 Å². The summed E-state index contributed by atoms with van der Waals surface area (Å²) in [5, 5.41) is 2.70. The maximum absolute atomic E-state index is 12.5. The molecular formula is C18H16F3N3O2. The van der Waals surface area contributed by atoms with Crippen LogP contribution in [0.4, 0.5) is 13.2 Å². The summed E-state index contributed by atoms with van der Waals surface area (Å²) >= 11 is 0. The summed E-state index contributed by atoms with van der Waals surface area (Å²) < 4.78 is 42.4. The van der Waals surface area contributed by atoms with E-state index in [9.17, 15) is 18.0 Å². The Hall–Kier alpha value is -3.03. The molecule has 0 atom stereocenters. The highest BCUT2D eigenvalue weighted by molar-refractivity contribution is 5.94. The predicted octanol–water partition coefficient (Wildman–Crippen LogP) is 3.78. The van der Waals surface area contributed by atoms with Crippen LogP contribution in [0.25, 0.3) is 5.65 Å². The number of carbonyl (C=O) groups is 1. The third-order valence-corrected chi connectivity index (χ3v) is 3.76. The number of nitrogens with one attached hydrogen (secondary N) is 1. The van der Waals surface area contributed by atoms with Crippen LogP contribution >= 0.6 is 0 Å². The van der Waals surface area contributed by atoms with Gasteiger partial charge in [0.2, 0.25) is 0 Å². The van der Waals surface area contributed by atoms with E-state index in [-0.39, 0.29) is 18.2 Å². The standard InChI is InChI=1S/C18H16F3N3O2/c1-11-6-7-24-15(8-11)23-12(2)16(24)17(25)22-10-13-4-3-5-14(9-13)26-18(19,20)21/h3-9H,10H2,1-2H3,(H,22,25). The monoisotopic (exact) mass is 363 g/mol. The summed E-state index contributed by atoms with van der Waals surface area (Å²) in [5.74, 6) is -0.688. The van der Waals surface area contributed by atoms with Gasteiger partial charge in [-0.1, -0.05) is 12.1 Å². The molecule has 0 bridgehead atoms. The molecule has 1 N–H and O–H groups in total. The maximum Gasteiger partial charge on any atom is 0.573 e. The fourth-order valence-corrected chi connectivity index (χ4v) is 2.66. The SMILES string of the molecule is Cc1ccn2c(C(=O)NCc3cccc(OC(F)(F)F)c3)c(C)nc2c1. The van der Waals surface area contributed by atoms with Crippen molar-refractivity contribution in [3.8, 4) is 5.75 Å². The molecule has 0 saturated carbocycles. The second-order valence-electron chi connectivity index (χ2n) is 5.86. The topological polar surface area (TPSA) is 55.6 Å². The fraction of sp³-hybridized carbons (Fsp3) is 0.222. The maximum atomic E-state index is 12.5. The molecule has 0 radical (unpaired) electrons. The summed E-state index contributed by atoms with van der Waals surface area (Å²) in [6.07, 6.45) is -3.00. The van der Waals surface area contributed by atoms with Crippen LogP contribution in [-0.2, 0) is 6.54 Å². The average molecular weight is 363 g/mol. The van der Waals surface area contributed by atoms with Gasteiger partial charge in [-0.3, -0.25) is 9.20 Å². The zero-order chi connectivity index (χ0) is 18.9. The number of ether oxygens (including phenoxy) is 1. The Balaban J connectivity index is 1.76. The number of nitrogens with zero attached hydrogens (tertiary/aromatic N) is 2. The number of pyridine rings is 1. The third kappa shape index (κ3) is 3.96. The molecule has 8 heteroatoms. The Morgan fingerprint density at radius 3 is 2.73 bits per heavy atom. The first-order valence-corrected chi connectivity index (χ1v) is 7.81. The van der Waals surface area contributed by atoms with Crippen molar-refractivity contribution in [2.75, 3.05) is 0 Å². The Bertz CT molecular complexity index is 964. The Morgan fingerprint density at radius 2 is 2.00 bits per heavy atom. The van der Waals surface area contributed by atoms with E-state index >= 15 is 0 Å². The molecule has 136 valence electrons. The van der Waals surface area contributed by atoms with Gasteiger partial charge in [0.1, 0.15) is 17.1 Å². The van der Waals surface area contributed by atoms with Crippen LogP contribution in [0, 0.1) is 13.8 Å². The lowest BCUT2D eigenvalue weighted by Gasteiger charge is -2.11. The van der Waals surface area contributed by atoms with Crippen LogP contribution in [-0.4, -0.2) is 21.7 Å². The zero-order valence-electron chi connectivity index (χ0n) is 14.1. The first kappa shape index (κ1) is 17.8. The van der Waals surface area contributed by atoms with Gasteiger partial charge >= 0.3 is 6.36 Å². The molecule has 5 nitrogen and oxygen atoms in total. The van der Waals surface area contributed by atoms with Gasteiger partial charge in [0, 0.05) is 12.7 Å². The Morgan fingerprint density at radius 1 is 1.23 bits per heavy atom. The van der Waals surface area contributed by atoms with Crippen molar-refractivity contribution < 1.29 is 22.7 Å². The smallest absolute Gasteiger partial charge is 0.406 e. The number of rotatable bonds is 4. The Labute approximate surface area is 147 Å². The van der Waals surface area contributed by atoms with Crippen molar-refractivity contribution >= 4 is 11.6 Å². The molecule has 0 unspecified atom stereocenters. The minimum absolute atomic E-state index is 0.0619. The molecule has 0 fully saturated rings. The number of benzene rings is 1. The number of aryl methyl sites for hydroxylation is 2. The second-order valence-corrected chi connectivity index (χ2v) is 5.86. The van der Waals surface area contributed by atoms with Gasteiger partial charge in [-0.25, -0.2) is 4.98 Å². The lowest BCUT2D eigenvalue weighted by molar-refractivity contribution is -0.274. The fourth-order valence-electron chi connectivity index (χ4n) is 2.66. The number of fused-ring (bicyclic) bond motifs is 1. The summed E-state index contributed by atoms with van der Waals surface area (Å²) in [6, 6.07) is 9.21. The normalized spacial score (nSPS) is 11.6. The number of hydrogen-bond donors (Lipinski definition) is 1. The van der Waals surface area contributed by atoms with Crippen LogP contribution in [0.15, 0.2) is 42.6 Å². The van der Waals surface area contributed by atoms with E-state index in [1.807, 2.05) is 19.1 Å². The first-order chi connectivity index (χ1) is 12.2. The summed E-state index contributed by atoms with van der Waals surface area (Å²) in [4.78, 5) is 16.9. The minimum atomic E-state index is -4.76. The molecule has 1 amide bonds. The highest BCUT2D eigenvalue weighted by Gasteiger charge is 2.31. The lowest BCUT2D eigenvalue weighted by atomic mass is 10.2. The molecule has 1 aromatic carbocycles. The average Bonchev–Trinajstić information content (AvgIpc) is 2.86. The molecule has 3 aromatic rings. The lowest BCUT2D eigenvalue weighted by Crippen LogP contribution is -2.25. The van der Waals surface area contributed by atoms with E-state index in [1.165, 1.54) is 18.2 Å². The van der Waals surface area contributed by atoms with Gasteiger partial charge in [0.15, 0.2) is 0 Å². The van der Waals surface area contributed by atoms with Crippen molar-refractivity contribution in [3.63, 3.8) is 0 Å². The molecule has 2 heterocycles. The van der Waals surface area contributed by atoms with Gasteiger partial charge in [0.25, 0.3) is 5.91 Å². The number of aromatic nitrogens is 2. The summed E-state index contributed by atoms with van der Waals surface area (Å²) in [7, 11) is 0. The predicted molar refractivity (Wildman–Crippen MR) is 89.0 cm³/mol. The minimum Gasteiger partial charge on any atom is -0.406 e. The third-order valence-electron chi connectivity index (χ3n) is 3.76. The number of imidazole rings is 1. The molecule has 0 saturated heterocycles. The highest BCUT2D eigenvalue weighted by atomic mass is 19.4. The molecule has 26 heavy (non-hydrogen) atoms. The molecular weight excluding hydrogens is 347 g/mol. The van der Waals surface area contributed by atoms with Crippen LogP contribution in [0.5, 0.6) is 5.75 Å². The molecule has 0 spiro atoms. The molecule has 0 aliphatic rings. The molecule has 2 aromatic heterocycles. The van der Waals surface area contributed by atoms with E-state index in [1.54, 1.807) is 23.6 Å². The van der Waals surface area contributed by atoms with E-state index in [4.69, 9.17) is 0 Å². The molecule has 0 aliphatic heterocycles. The second kappa shape index (κ2) is 6.70. The van der Waals surface area contributed by atoms with Crippen molar-refractivity contribution in [1.29, 1.82) is 0 Å². The summed E-state index contributed by atoms with van der Waals surface area (Å²) in [6.45, 7) is 3.72. The molecule has 0 aliphatic carbocycles. The van der Waals surface area contributed by atoms with Crippen LogP contribution < -0.4 is 10.1 Å². The van der Waals surface area contributed by atoms with E-state index in [0.29, 0.717) is 22.6 Å². The van der Waals surface area contributed by atoms with Crippen LogP contribution in [0.1, 0.15) is 27.3 Å². The Kier molecular flexibility index (Phi) is 4.58. The van der Waals surface area contributed by atoms with Gasteiger partial charge < -0.3 is 10.1 Å². The van der Waals surface area contributed by atoms with E-state index in [2.05, 4.69) is 15.0 Å². The number of alkyl halides is 3. The van der Waals surface area contributed by atoms with Crippen LogP contribution in [0.2, 0.25) is 0 Å². The number of halogens is 3. The van der Waals surface area contributed by atoms with Crippen molar-refractivity contribution in [3.05, 3.63) is 65.1 Å². The van der Waals surface area contributed by atoms with Gasteiger partial charge in [0.05, 0.1) is 5.69 Å². The highest BCUT2D eigenvalue weighted by Crippen LogP contribution is 2.23. The zero-order valence-corrected chi connectivity index (χ0v) is 14.1. The number of amides is 1. The van der Waals surface area contributed by atoms with E-state index in [0.717, 1.165) is 5.56 Å². The van der Waals surface area contributed by atoms with Crippen molar-refractivity contribution in [2.24, 2.45) is 0 Å². The van der Waals surface area contributed by atoms with Crippen LogP contribution in [0.3, 0.4) is 0 Å². The number of hydrogen-bond acceptors (Lipinski definition) is 3. The number of carbonyl (C=O) groups excluding carboxylic acids is 1. The van der Waals surface area contributed by atoms with Gasteiger partial charge in [-0.15, -0.1) is 13.2 Å². The summed E-state index contributed by atoms with van der Waals surface area (Å²) in [5.41, 5.74) is 3.14. The van der Waals surface area contributed by atoms with E-state index < -0.39 is 6.36 Å². The first-order valence-electron chi connectivity index (χ1n) is 7.81. The van der Waals surface area contributed by atoms with Crippen molar-refractivity contribution in [2.45, 2.75) is 26.8 Å². The molecule has 3 rings (SSSR count). The largest absolute Gasteiger partial charge is 0.573 e. The van der Waals surface area contributed by atoms with Gasteiger partial charge in [-0.2, -0.15) is 0 Å².